The maximum atomic E-state index is 11.3. The zero-order valence-electron chi connectivity index (χ0n) is 11.6. The van der Waals surface area contributed by atoms with Gasteiger partial charge in [-0.3, -0.25) is 4.79 Å². The summed E-state index contributed by atoms with van der Waals surface area (Å²) in [4.78, 5) is 23.6. The normalized spacial score (nSPS) is 10.2. The molecule has 8 nitrogen and oxygen atoms in total. The second-order valence-corrected chi connectivity index (χ2v) is 3.99. The average molecular weight is 268 g/mol. The third-order valence-corrected chi connectivity index (χ3v) is 1.96. The Balaban J connectivity index is 2.73. The molecule has 0 unspecified atom stereocenters. The van der Waals surface area contributed by atoms with Crippen LogP contribution >= 0.6 is 0 Å². The van der Waals surface area contributed by atoms with Gasteiger partial charge in [-0.1, -0.05) is 0 Å². The van der Waals surface area contributed by atoms with Gasteiger partial charge in [0.25, 0.3) is 0 Å². The van der Waals surface area contributed by atoms with Crippen LogP contribution in [0.5, 0.6) is 6.01 Å². The van der Waals surface area contributed by atoms with Crippen molar-refractivity contribution < 1.29 is 9.53 Å². The van der Waals surface area contributed by atoms with Gasteiger partial charge in [0, 0.05) is 13.6 Å². The standard InChI is InChI=1S/C11H20N6O2/c1-5-13-8(18)6-14-10-15-9(12-4)16-11(17-10)19-7(2)3/h7H,5-6H2,1-4H3,(H,13,18)(H2,12,14,15,16,17). The molecule has 1 heterocycles. The van der Waals surface area contributed by atoms with Crippen LogP contribution in [0.15, 0.2) is 0 Å². The number of anilines is 2. The molecule has 1 aromatic heterocycles. The lowest BCUT2D eigenvalue weighted by Crippen LogP contribution is -2.30. The first-order chi connectivity index (χ1) is 9.05. The van der Waals surface area contributed by atoms with Crippen LogP contribution in [0.25, 0.3) is 0 Å². The highest BCUT2D eigenvalue weighted by molar-refractivity contribution is 5.80. The molecule has 1 rings (SSSR count). The molecule has 0 saturated heterocycles. The number of hydrogen-bond acceptors (Lipinski definition) is 7. The lowest BCUT2D eigenvalue weighted by atomic mass is 10.5. The van der Waals surface area contributed by atoms with Gasteiger partial charge in [0.2, 0.25) is 17.8 Å². The summed E-state index contributed by atoms with van der Waals surface area (Å²) in [5.74, 6) is 0.547. The lowest BCUT2D eigenvalue weighted by molar-refractivity contribution is -0.119. The molecule has 0 atom stereocenters. The van der Waals surface area contributed by atoms with E-state index >= 15 is 0 Å². The number of amides is 1. The molecule has 0 bridgehead atoms. The molecule has 0 aliphatic carbocycles. The van der Waals surface area contributed by atoms with E-state index < -0.39 is 0 Å². The van der Waals surface area contributed by atoms with Crippen LogP contribution in [0.2, 0.25) is 0 Å². The fourth-order valence-electron chi connectivity index (χ4n) is 1.23. The summed E-state index contributed by atoms with van der Waals surface area (Å²) in [7, 11) is 1.70. The fraction of sp³-hybridized carbons (Fsp3) is 0.636. The largest absolute Gasteiger partial charge is 0.461 e. The summed E-state index contributed by atoms with van der Waals surface area (Å²) >= 11 is 0. The smallest absolute Gasteiger partial charge is 0.323 e. The lowest BCUT2D eigenvalue weighted by Gasteiger charge is -2.11. The Morgan fingerprint density at radius 2 is 1.95 bits per heavy atom. The first-order valence-corrected chi connectivity index (χ1v) is 6.16. The first kappa shape index (κ1) is 14.9. The summed E-state index contributed by atoms with van der Waals surface area (Å²) < 4.78 is 5.41. The van der Waals surface area contributed by atoms with Crippen LogP contribution < -0.4 is 20.7 Å². The Morgan fingerprint density at radius 1 is 1.26 bits per heavy atom. The van der Waals surface area contributed by atoms with Crippen LogP contribution in [0.1, 0.15) is 20.8 Å². The van der Waals surface area contributed by atoms with Crippen LogP contribution in [-0.2, 0) is 4.79 Å². The Bertz CT molecular complexity index is 424. The molecule has 1 amide bonds. The fourth-order valence-corrected chi connectivity index (χ4v) is 1.23. The summed E-state index contributed by atoms with van der Waals surface area (Å²) in [6.45, 7) is 6.30. The highest BCUT2D eigenvalue weighted by Gasteiger charge is 2.09. The van der Waals surface area contributed by atoms with E-state index in [4.69, 9.17) is 4.74 Å². The molecular weight excluding hydrogens is 248 g/mol. The number of ether oxygens (including phenoxy) is 1. The van der Waals surface area contributed by atoms with Gasteiger partial charge < -0.3 is 20.7 Å². The van der Waals surface area contributed by atoms with E-state index in [1.165, 1.54) is 0 Å². The van der Waals surface area contributed by atoms with Crippen LogP contribution in [0.4, 0.5) is 11.9 Å². The highest BCUT2D eigenvalue weighted by Crippen LogP contribution is 2.11. The van der Waals surface area contributed by atoms with Crippen molar-refractivity contribution in [3.8, 4) is 6.01 Å². The second-order valence-electron chi connectivity index (χ2n) is 3.99. The molecule has 0 aliphatic rings. The molecule has 0 saturated carbocycles. The van der Waals surface area contributed by atoms with Crippen molar-refractivity contribution in [1.29, 1.82) is 0 Å². The molecule has 0 fully saturated rings. The number of carbonyl (C=O) groups is 1. The van der Waals surface area contributed by atoms with Gasteiger partial charge in [-0.15, -0.1) is 0 Å². The van der Waals surface area contributed by atoms with Crippen molar-refractivity contribution in [3.05, 3.63) is 0 Å². The van der Waals surface area contributed by atoms with E-state index in [2.05, 4.69) is 30.9 Å². The quantitative estimate of drug-likeness (QED) is 0.651. The molecule has 3 N–H and O–H groups in total. The SMILES string of the molecule is CCNC(=O)CNc1nc(NC)nc(OC(C)C)n1. The van der Waals surface area contributed by atoms with E-state index in [1.54, 1.807) is 7.05 Å². The van der Waals surface area contributed by atoms with Crippen molar-refractivity contribution in [3.63, 3.8) is 0 Å². The molecule has 0 radical (unpaired) electrons. The number of hydrogen-bond donors (Lipinski definition) is 3. The second kappa shape index (κ2) is 7.34. The zero-order chi connectivity index (χ0) is 14.3. The Hall–Kier alpha value is -2.12. The Kier molecular flexibility index (Phi) is 5.77. The van der Waals surface area contributed by atoms with Crippen LogP contribution in [-0.4, -0.2) is 47.1 Å². The first-order valence-electron chi connectivity index (χ1n) is 6.16. The number of nitrogens with one attached hydrogen (secondary N) is 3. The summed E-state index contributed by atoms with van der Waals surface area (Å²) in [5.41, 5.74) is 0. The zero-order valence-corrected chi connectivity index (χ0v) is 11.6. The molecule has 1 aromatic rings. The third kappa shape index (κ3) is 5.36. The van der Waals surface area contributed by atoms with E-state index in [9.17, 15) is 4.79 Å². The molecule has 8 heteroatoms. The van der Waals surface area contributed by atoms with E-state index in [-0.39, 0.29) is 24.6 Å². The van der Waals surface area contributed by atoms with Gasteiger partial charge in [0.05, 0.1) is 12.6 Å². The van der Waals surface area contributed by atoms with Crippen molar-refractivity contribution >= 4 is 17.8 Å². The third-order valence-electron chi connectivity index (χ3n) is 1.96. The van der Waals surface area contributed by atoms with E-state index in [0.717, 1.165) is 0 Å². The Labute approximate surface area is 112 Å². The van der Waals surface area contributed by atoms with Crippen LogP contribution in [0.3, 0.4) is 0 Å². The minimum atomic E-state index is -0.125. The van der Waals surface area contributed by atoms with E-state index in [1.807, 2.05) is 20.8 Å². The van der Waals surface area contributed by atoms with Gasteiger partial charge in [0.1, 0.15) is 0 Å². The number of carbonyl (C=O) groups excluding carboxylic acids is 1. The maximum Gasteiger partial charge on any atom is 0.323 e. The predicted molar refractivity (Wildman–Crippen MR) is 72.3 cm³/mol. The molecule has 0 aliphatic heterocycles. The molecule has 0 aromatic carbocycles. The number of aromatic nitrogens is 3. The van der Waals surface area contributed by atoms with Crippen molar-refractivity contribution in [2.24, 2.45) is 0 Å². The number of likely N-dealkylation sites (N-methyl/N-ethyl adjacent to an activating group) is 1. The minimum absolute atomic E-state index is 0.0386. The number of nitrogens with zero attached hydrogens (tertiary/aromatic N) is 3. The highest BCUT2D eigenvalue weighted by atomic mass is 16.5. The Morgan fingerprint density at radius 3 is 2.53 bits per heavy atom. The molecule has 19 heavy (non-hydrogen) atoms. The minimum Gasteiger partial charge on any atom is -0.461 e. The maximum absolute atomic E-state index is 11.3. The van der Waals surface area contributed by atoms with Crippen molar-refractivity contribution in [2.75, 3.05) is 30.8 Å². The van der Waals surface area contributed by atoms with Gasteiger partial charge in [0.15, 0.2) is 0 Å². The van der Waals surface area contributed by atoms with E-state index in [0.29, 0.717) is 18.4 Å². The van der Waals surface area contributed by atoms with Gasteiger partial charge in [-0.2, -0.15) is 15.0 Å². The van der Waals surface area contributed by atoms with Gasteiger partial charge in [-0.25, -0.2) is 0 Å². The average Bonchev–Trinajstić information content (AvgIpc) is 2.35. The number of rotatable bonds is 7. The van der Waals surface area contributed by atoms with Gasteiger partial charge in [-0.05, 0) is 20.8 Å². The summed E-state index contributed by atoms with van der Waals surface area (Å²) in [6.07, 6.45) is -0.0386. The summed E-state index contributed by atoms with van der Waals surface area (Å²) in [5, 5.41) is 8.31. The molecular formula is C11H20N6O2. The van der Waals surface area contributed by atoms with Crippen LogP contribution in [0, 0.1) is 0 Å². The monoisotopic (exact) mass is 268 g/mol. The van der Waals surface area contributed by atoms with Crippen molar-refractivity contribution in [1.82, 2.24) is 20.3 Å². The molecule has 106 valence electrons. The molecule has 0 spiro atoms. The summed E-state index contributed by atoms with van der Waals surface area (Å²) in [6, 6.07) is 0.216. The van der Waals surface area contributed by atoms with Gasteiger partial charge >= 0.3 is 6.01 Å². The topological polar surface area (TPSA) is 101 Å². The van der Waals surface area contributed by atoms with Crippen molar-refractivity contribution in [2.45, 2.75) is 26.9 Å². The predicted octanol–water partition coefficient (Wildman–Crippen LogP) is 0.248.